The van der Waals surface area contributed by atoms with Crippen molar-refractivity contribution < 1.29 is 0 Å². The Morgan fingerprint density at radius 1 is 1.28 bits per heavy atom. The van der Waals surface area contributed by atoms with E-state index in [0.29, 0.717) is 0 Å². The Labute approximate surface area is 109 Å². The summed E-state index contributed by atoms with van der Waals surface area (Å²) in [5.41, 5.74) is 9.89. The van der Waals surface area contributed by atoms with Gasteiger partial charge in [0.1, 0.15) is 0 Å². The van der Waals surface area contributed by atoms with E-state index in [1.807, 2.05) is 10.9 Å². The van der Waals surface area contributed by atoms with Gasteiger partial charge in [0, 0.05) is 24.3 Å². The van der Waals surface area contributed by atoms with E-state index in [9.17, 15) is 0 Å². The third-order valence-electron chi connectivity index (χ3n) is 3.11. The molecule has 1 aromatic heterocycles. The van der Waals surface area contributed by atoms with Crippen LogP contribution in [0, 0.1) is 6.92 Å². The standard InChI is InChI=1S/C15H21N3/c1-3-8-18-11-14(10-17-18)15(16)9-13-6-4-12(2)5-7-13/h4-7,10-11,15H,3,8-9,16H2,1-2H3. The van der Waals surface area contributed by atoms with Crippen molar-refractivity contribution >= 4 is 0 Å². The predicted octanol–water partition coefficient (Wildman–Crippen LogP) is 2.84. The van der Waals surface area contributed by atoms with Crippen molar-refractivity contribution in [1.82, 2.24) is 9.78 Å². The van der Waals surface area contributed by atoms with Crippen molar-refractivity contribution in [1.29, 1.82) is 0 Å². The third-order valence-corrected chi connectivity index (χ3v) is 3.11. The van der Waals surface area contributed by atoms with Gasteiger partial charge >= 0.3 is 0 Å². The average molecular weight is 243 g/mol. The molecular formula is C15H21N3. The van der Waals surface area contributed by atoms with Crippen LogP contribution in [0.5, 0.6) is 0 Å². The maximum atomic E-state index is 6.22. The lowest BCUT2D eigenvalue weighted by Gasteiger charge is -2.09. The van der Waals surface area contributed by atoms with Crippen LogP contribution in [0.25, 0.3) is 0 Å². The SMILES string of the molecule is CCCn1cc(C(N)Cc2ccc(C)cc2)cn1. The molecule has 0 spiro atoms. The van der Waals surface area contributed by atoms with E-state index in [1.165, 1.54) is 11.1 Å². The molecule has 0 saturated carbocycles. The Kier molecular flexibility index (Phi) is 4.15. The number of aryl methyl sites for hydroxylation is 2. The Morgan fingerprint density at radius 3 is 2.67 bits per heavy atom. The highest BCUT2D eigenvalue weighted by atomic mass is 15.3. The Morgan fingerprint density at radius 2 is 2.00 bits per heavy atom. The van der Waals surface area contributed by atoms with Gasteiger partial charge in [0.2, 0.25) is 0 Å². The van der Waals surface area contributed by atoms with Crippen LogP contribution in [-0.2, 0) is 13.0 Å². The van der Waals surface area contributed by atoms with Crippen LogP contribution < -0.4 is 5.73 Å². The van der Waals surface area contributed by atoms with Crippen molar-refractivity contribution in [3.8, 4) is 0 Å². The van der Waals surface area contributed by atoms with Crippen LogP contribution in [0.4, 0.5) is 0 Å². The highest BCUT2D eigenvalue weighted by Gasteiger charge is 2.09. The zero-order chi connectivity index (χ0) is 13.0. The molecular weight excluding hydrogens is 222 g/mol. The van der Waals surface area contributed by atoms with Crippen molar-refractivity contribution in [2.75, 3.05) is 0 Å². The van der Waals surface area contributed by atoms with Gasteiger partial charge in [0.25, 0.3) is 0 Å². The van der Waals surface area contributed by atoms with Crippen molar-refractivity contribution in [3.63, 3.8) is 0 Å². The minimum absolute atomic E-state index is 0.0262. The fourth-order valence-electron chi connectivity index (χ4n) is 2.02. The average Bonchev–Trinajstić information content (AvgIpc) is 2.81. The second-order valence-electron chi connectivity index (χ2n) is 4.83. The highest BCUT2D eigenvalue weighted by molar-refractivity contribution is 5.24. The maximum absolute atomic E-state index is 6.22. The molecule has 0 bridgehead atoms. The van der Waals surface area contributed by atoms with Gasteiger partial charge in [-0.25, -0.2) is 0 Å². The second-order valence-corrected chi connectivity index (χ2v) is 4.83. The van der Waals surface area contributed by atoms with Gasteiger partial charge in [-0.3, -0.25) is 4.68 Å². The van der Waals surface area contributed by atoms with Crippen LogP contribution in [-0.4, -0.2) is 9.78 Å². The topological polar surface area (TPSA) is 43.8 Å². The number of aromatic nitrogens is 2. The summed E-state index contributed by atoms with van der Waals surface area (Å²) in [6.07, 6.45) is 5.89. The van der Waals surface area contributed by atoms with Crippen LogP contribution in [0.3, 0.4) is 0 Å². The first kappa shape index (κ1) is 12.8. The van der Waals surface area contributed by atoms with Gasteiger partial charge in [-0.15, -0.1) is 0 Å². The molecule has 2 rings (SSSR count). The molecule has 2 N–H and O–H groups in total. The minimum Gasteiger partial charge on any atom is -0.324 e. The molecule has 0 radical (unpaired) electrons. The molecule has 0 aliphatic carbocycles. The van der Waals surface area contributed by atoms with Crippen molar-refractivity contribution in [2.24, 2.45) is 5.73 Å². The third kappa shape index (κ3) is 3.20. The van der Waals surface area contributed by atoms with Gasteiger partial charge in [-0.2, -0.15) is 5.10 Å². The van der Waals surface area contributed by atoms with E-state index in [0.717, 1.165) is 24.9 Å². The molecule has 1 aromatic carbocycles. The molecule has 3 nitrogen and oxygen atoms in total. The minimum atomic E-state index is 0.0262. The zero-order valence-electron chi connectivity index (χ0n) is 11.1. The molecule has 96 valence electrons. The molecule has 1 atom stereocenters. The molecule has 0 aliphatic heterocycles. The lowest BCUT2D eigenvalue weighted by atomic mass is 10.0. The molecule has 0 amide bonds. The van der Waals surface area contributed by atoms with Crippen LogP contribution in [0.1, 0.15) is 36.1 Å². The first-order valence-electron chi connectivity index (χ1n) is 6.52. The number of hydrogen-bond acceptors (Lipinski definition) is 2. The smallest absolute Gasteiger partial charge is 0.0537 e. The van der Waals surface area contributed by atoms with Crippen LogP contribution >= 0.6 is 0 Å². The molecule has 0 aliphatic rings. The van der Waals surface area contributed by atoms with E-state index >= 15 is 0 Å². The van der Waals surface area contributed by atoms with E-state index in [4.69, 9.17) is 5.73 Å². The van der Waals surface area contributed by atoms with Gasteiger partial charge in [-0.1, -0.05) is 36.8 Å². The molecule has 1 heterocycles. The largest absolute Gasteiger partial charge is 0.324 e. The molecule has 0 fully saturated rings. The van der Waals surface area contributed by atoms with Crippen LogP contribution in [0.2, 0.25) is 0 Å². The predicted molar refractivity (Wildman–Crippen MR) is 74.3 cm³/mol. The number of hydrogen-bond donors (Lipinski definition) is 1. The monoisotopic (exact) mass is 243 g/mol. The summed E-state index contributed by atoms with van der Waals surface area (Å²) in [6.45, 7) is 5.20. The Hall–Kier alpha value is -1.61. The normalized spacial score (nSPS) is 12.6. The lowest BCUT2D eigenvalue weighted by molar-refractivity contribution is 0.601. The molecule has 1 unspecified atom stereocenters. The second kappa shape index (κ2) is 5.83. The molecule has 0 saturated heterocycles. The highest BCUT2D eigenvalue weighted by Crippen LogP contribution is 2.16. The number of benzene rings is 1. The summed E-state index contributed by atoms with van der Waals surface area (Å²) in [7, 11) is 0. The summed E-state index contributed by atoms with van der Waals surface area (Å²) < 4.78 is 1.96. The van der Waals surface area contributed by atoms with Gasteiger partial charge in [0.05, 0.1) is 6.20 Å². The van der Waals surface area contributed by atoms with Gasteiger partial charge in [-0.05, 0) is 25.3 Å². The van der Waals surface area contributed by atoms with E-state index in [2.05, 4.69) is 49.4 Å². The number of rotatable bonds is 5. The van der Waals surface area contributed by atoms with Crippen molar-refractivity contribution in [2.45, 2.75) is 39.3 Å². The lowest BCUT2D eigenvalue weighted by Crippen LogP contribution is -2.12. The van der Waals surface area contributed by atoms with Gasteiger partial charge < -0.3 is 5.73 Å². The molecule has 18 heavy (non-hydrogen) atoms. The first-order valence-corrected chi connectivity index (χ1v) is 6.52. The maximum Gasteiger partial charge on any atom is 0.0537 e. The quantitative estimate of drug-likeness (QED) is 0.877. The van der Waals surface area contributed by atoms with E-state index in [-0.39, 0.29) is 6.04 Å². The summed E-state index contributed by atoms with van der Waals surface area (Å²) in [6, 6.07) is 8.57. The summed E-state index contributed by atoms with van der Waals surface area (Å²) in [5.74, 6) is 0. The van der Waals surface area contributed by atoms with Gasteiger partial charge in [0.15, 0.2) is 0 Å². The first-order chi connectivity index (χ1) is 8.69. The Balaban J connectivity index is 2.02. The van der Waals surface area contributed by atoms with Crippen molar-refractivity contribution in [3.05, 3.63) is 53.3 Å². The summed E-state index contributed by atoms with van der Waals surface area (Å²) >= 11 is 0. The molecule has 3 heteroatoms. The van der Waals surface area contributed by atoms with E-state index < -0.39 is 0 Å². The fraction of sp³-hybridized carbons (Fsp3) is 0.400. The number of nitrogens with two attached hydrogens (primary N) is 1. The zero-order valence-corrected chi connectivity index (χ0v) is 11.1. The Bertz CT molecular complexity index is 485. The molecule has 2 aromatic rings. The van der Waals surface area contributed by atoms with Crippen LogP contribution in [0.15, 0.2) is 36.7 Å². The summed E-state index contributed by atoms with van der Waals surface area (Å²) in [5, 5.41) is 4.32. The summed E-state index contributed by atoms with van der Waals surface area (Å²) in [4.78, 5) is 0. The van der Waals surface area contributed by atoms with E-state index in [1.54, 1.807) is 0 Å². The number of nitrogens with zero attached hydrogens (tertiary/aromatic N) is 2. The fourth-order valence-corrected chi connectivity index (χ4v) is 2.02.